The van der Waals surface area contributed by atoms with Crippen LogP contribution in [0.1, 0.15) is 11.1 Å². The standard InChI is InChI=1S/C17H28N2O6/c1-13-10-14(12-20)16(15(11-13)22-3)25-17(21)19-5-7-24-9-8-23-6-4-18-2/h10-11,18,20H,4-9,12H2,1-3H3,(H,19,21). The van der Waals surface area contributed by atoms with Gasteiger partial charge < -0.3 is 34.7 Å². The number of hydrogen-bond donors (Lipinski definition) is 3. The van der Waals surface area contributed by atoms with E-state index in [1.54, 1.807) is 12.1 Å². The van der Waals surface area contributed by atoms with Crippen LogP contribution in [0.3, 0.4) is 0 Å². The van der Waals surface area contributed by atoms with Crippen LogP contribution in [-0.4, -0.2) is 64.9 Å². The summed E-state index contributed by atoms with van der Waals surface area (Å²) in [7, 11) is 3.34. The van der Waals surface area contributed by atoms with E-state index >= 15 is 0 Å². The number of aliphatic hydroxyl groups is 1. The maximum Gasteiger partial charge on any atom is 0.412 e. The third-order valence-electron chi connectivity index (χ3n) is 3.25. The second-order valence-corrected chi connectivity index (χ2v) is 5.26. The van der Waals surface area contributed by atoms with Gasteiger partial charge in [-0.1, -0.05) is 0 Å². The van der Waals surface area contributed by atoms with Gasteiger partial charge in [0.05, 0.1) is 40.1 Å². The van der Waals surface area contributed by atoms with Gasteiger partial charge in [0.15, 0.2) is 11.5 Å². The lowest BCUT2D eigenvalue weighted by molar-refractivity contribution is 0.0504. The van der Waals surface area contributed by atoms with Gasteiger partial charge in [-0.15, -0.1) is 0 Å². The Balaban J connectivity index is 2.31. The molecule has 1 amide bonds. The molecule has 0 aliphatic heterocycles. The molecule has 0 heterocycles. The lowest BCUT2D eigenvalue weighted by Crippen LogP contribution is -2.30. The highest BCUT2D eigenvalue weighted by Crippen LogP contribution is 2.32. The molecule has 0 atom stereocenters. The number of aryl methyl sites for hydroxylation is 1. The van der Waals surface area contributed by atoms with Gasteiger partial charge in [0.1, 0.15) is 0 Å². The highest BCUT2D eigenvalue weighted by molar-refractivity contribution is 5.72. The van der Waals surface area contributed by atoms with Gasteiger partial charge in [0.25, 0.3) is 0 Å². The van der Waals surface area contributed by atoms with Crippen molar-refractivity contribution in [2.24, 2.45) is 0 Å². The molecule has 0 aliphatic carbocycles. The molecule has 25 heavy (non-hydrogen) atoms. The Kier molecular flexibility index (Phi) is 10.6. The summed E-state index contributed by atoms with van der Waals surface area (Å²) < 4.78 is 21.1. The lowest BCUT2D eigenvalue weighted by atomic mass is 10.1. The number of hydrogen-bond acceptors (Lipinski definition) is 7. The number of benzene rings is 1. The van der Waals surface area contributed by atoms with Crippen molar-refractivity contribution >= 4 is 6.09 Å². The fourth-order valence-corrected chi connectivity index (χ4v) is 2.05. The Morgan fingerprint density at radius 2 is 1.80 bits per heavy atom. The molecule has 3 N–H and O–H groups in total. The molecule has 1 aromatic rings. The first kappa shape index (κ1) is 21.2. The summed E-state index contributed by atoms with van der Waals surface area (Å²) in [5, 5.41) is 15.0. The second kappa shape index (κ2) is 12.5. The largest absolute Gasteiger partial charge is 0.493 e. The van der Waals surface area contributed by atoms with Crippen LogP contribution < -0.4 is 20.1 Å². The minimum Gasteiger partial charge on any atom is -0.493 e. The molecule has 8 nitrogen and oxygen atoms in total. The Labute approximate surface area is 148 Å². The minimum absolute atomic E-state index is 0.215. The molecule has 142 valence electrons. The summed E-state index contributed by atoms with van der Waals surface area (Å²) in [5.74, 6) is 0.612. The zero-order valence-corrected chi connectivity index (χ0v) is 15.1. The van der Waals surface area contributed by atoms with E-state index in [0.29, 0.717) is 44.3 Å². The molecule has 0 saturated heterocycles. The number of ether oxygens (including phenoxy) is 4. The fourth-order valence-electron chi connectivity index (χ4n) is 2.05. The molecule has 0 unspecified atom stereocenters. The molecule has 8 heteroatoms. The van der Waals surface area contributed by atoms with Crippen LogP contribution in [0.15, 0.2) is 12.1 Å². The van der Waals surface area contributed by atoms with E-state index in [4.69, 9.17) is 18.9 Å². The van der Waals surface area contributed by atoms with Gasteiger partial charge in [-0.05, 0) is 31.7 Å². The van der Waals surface area contributed by atoms with Crippen LogP contribution in [0.5, 0.6) is 11.5 Å². The van der Waals surface area contributed by atoms with Crippen molar-refractivity contribution in [2.75, 3.05) is 53.7 Å². The minimum atomic E-state index is -0.634. The van der Waals surface area contributed by atoms with E-state index in [1.165, 1.54) is 7.11 Å². The normalized spacial score (nSPS) is 10.6. The summed E-state index contributed by atoms with van der Waals surface area (Å²) in [4.78, 5) is 11.9. The number of nitrogens with one attached hydrogen (secondary N) is 2. The fraction of sp³-hybridized carbons (Fsp3) is 0.588. The van der Waals surface area contributed by atoms with Crippen molar-refractivity contribution in [3.05, 3.63) is 23.3 Å². The highest BCUT2D eigenvalue weighted by atomic mass is 16.6. The van der Waals surface area contributed by atoms with Crippen LogP contribution in [0, 0.1) is 6.92 Å². The molecule has 0 radical (unpaired) electrons. The van der Waals surface area contributed by atoms with Crippen LogP contribution in [0.25, 0.3) is 0 Å². The number of rotatable bonds is 12. The predicted octanol–water partition coefficient (Wildman–Crippen LogP) is 0.837. The highest BCUT2D eigenvalue weighted by Gasteiger charge is 2.15. The topological polar surface area (TPSA) is 98.3 Å². The van der Waals surface area contributed by atoms with E-state index in [0.717, 1.165) is 12.1 Å². The molecular formula is C17H28N2O6. The van der Waals surface area contributed by atoms with E-state index < -0.39 is 6.09 Å². The number of aliphatic hydroxyl groups excluding tert-OH is 1. The van der Waals surface area contributed by atoms with Crippen molar-refractivity contribution in [2.45, 2.75) is 13.5 Å². The first-order valence-electron chi connectivity index (χ1n) is 8.16. The van der Waals surface area contributed by atoms with E-state index in [2.05, 4.69) is 10.6 Å². The summed E-state index contributed by atoms with van der Waals surface area (Å²) in [6, 6.07) is 3.47. The number of methoxy groups -OCH3 is 1. The maximum atomic E-state index is 11.9. The van der Waals surface area contributed by atoms with E-state index in [9.17, 15) is 9.90 Å². The first-order chi connectivity index (χ1) is 12.1. The van der Waals surface area contributed by atoms with Crippen molar-refractivity contribution < 1.29 is 28.8 Å². The lowest BCUT2D eigenvalue weighted by Gasteiger charge is -2.14. The molecule has 1 aromatic carbocycles. The quantitative estimate of drug-likeness (QED) is 0.477. The Bertz CT molecular complexity index is 499. The third-order valence-corrected chi connectivity index (χ3v) is 3.25. The average Bonchev–Trinajstić information content (AvgIpc) is 2.61. The predicted molar refractivity (Wildman–Crippen MR) is 93.2 cm³/mol. The second-order valence-electron chi connectivity index (χ2n) is 5.26. The molecule has 0 bridgehead atoms. The molecule has 0 aromatic heterocycles. The summed E-state index contributed by atoms with van der Waals surface area (Å²) in [5.41, 5.74) is 1.39. The number of likely N-dealkylation sites (N-methyl/N-ethyl adjacent to an activating group) is 1. The zero-order chi connectivity index (χ0) is 18.5. The van der Waals surface area contributed by atoms with Crippen LogP contribution in [0.4, 0.5) is 4.79 Å². The maximum absolute atomic E-state index is 11.9. The van der Waals surface area contributed by atoms with Gasteiger partial charge in [0.2, 0.25) is 0 Å². The molecular weight excluding hydrogens is 328 g/mol. The van der Waals surface area contributed by atoms with Crippen molar-refractivity contribution in [3.8, 4) is 11.5 Å². The van der Waals surface area contributed by atoms with E-state index in [-0.39, 0.29) is 12.4 Å². The van der Waals surface area contributed by atoms with Crippen LogP contribution in [0.2, 0.25) is 0 Å². The van der Waals surface area contributed by atoms with Crippen LogP contribution >= 0.6 is 0 Å². The average molecular weight is 356 g/mol. The number of carbonyl (C=O) groups excluding carboxylic acids is 1. The SMILES string of the molecule is CNCCOCCOCCNC(=O)Oc1c(CO)cc(C)cc1OC. The first-order valence-corrected chi connectivity index (χ1v) is 8.16. The number of amides is 1. The van der Waals surface area contributed by atoms with Gasteiger partial charge >= 0.3 is 6.09 Å². The van der Waals surface area contributed by atoms with Crippen molar-refractivity contribution in [3.63, 3.8) is 0 Å². The van der Waals surface area contributed by atoms with Crippen LogP contribution in [-0.2, 0) is 16.1 Å². The van der Waals surface area contributed by atoms with Gasteiger partial charge in [-0.3, -0.25) is 0 Å². The monoisotopic (exact) mass is 356 g/mol. The van der Waals surface area contributed by atoms with E-state index in [1.807, 2.05) is 14.0 Å². The summed E-state index contributed by atoms with van der Waals surface area (Å²) in [6.07, 6.45) is -0.634. The zero-order valence-electron chi connectivity index (χ0n) is 15.1. The molecule has 0 fully saturated rings. The Morgan fingerprint density at radius 3 is 2.40 bits per heavy atom. The Hall–Kier alpha value is -1.87. The van der Waals surface area contributed by atoms with Gasteiger partial charge in [-0.25, -0.2) is 4.79 Å². The van der Waals surface area contributed by atoms with Crippen molar-refractivity contribution in [1.29, 1.82) is 0 Å². The molecule has 0 aliphatic rings. The smallest absolute Gasteiger partial charge is 0.412 e. The molecule has 0 spiro atoms. The van der Waals surface area contributed by atoms with Crippen molar-refractivity contribution in [1.82, 2.24) is 10.6 Å². The Morgan fingerprint density at radius 1 is 1.12 bits per heavy atom. The summed E-state index contributed by atoms with van der Waals surface area (Å²) in [6.45, 7) is 4.66. The third kappa shape index (κ3) is 8.17. The van der Waals surface area contributed by atoms with Gasteiger partial charge in [-0.2, -0.15) is 0 Å². The number of carbonyl (C=O) groups is 1. The molecule has 0 saturated carbocycles. The molecule has 1 rings (SSSR count). The van der Waals surface area contributed by atoms with Gasteiger partial charge in [0, 0.05) is 18.7 Å². The summed E-state index contributed by atoms with van der Waals surface area (Å²) >= 11 is 0.